The van der Waals surface area contributed by atoms with E-state index in [9.17, 15) is 0 Å². The van der Waals surface area contributed by atoms with Crippen LogP contribution in [0.25, 0.3) is 0 Å². The molecule has 1 heterocycles. The van der Waals surface area contributed by atoms with Gasteiger partial charge >= 0.3 is 0 Å². The third-order valence-corrected chi connectivity index (χ3v) is 1.70. The summed E-state index contributed by atoms with van der Waals surface area (Å²) in [6.45, 7) is 4.01. The summed E-state index contributed by atoms with van der Waals surface area (Å²) in [5.74, 6) is 1.17. The van der Waals surface area contributed by atoms with Gasteiger partial charge in [-0.2, -0.15) is 4.98 Å². The Balaban J connectivity index is 2.42. The van der Waals surface area contributed by atoms with E-state index in [-0.39, 0.29) is 0 Å². The molecule has 0 radical (unpaired) electrons. The number of methoxy groups -OCH3 is 1. The SMILES string of the molecule is CCCNc1nccc(OCCOC)n1. The zero-order valence-corrected chi connectivity index (χ0v) is 9.19. The van der Waals surface area contributed by atoms with Gasteiger partial charge in [0, 0.05) is 25.9 Å². The quantitative estimate of drug-likeness (QED) is 0.689. The molecular formula is C10H17N3O2. The lowest BCUT2D eigenvalue weighted by molar-refractivity contribution is 0.143. The Morgan fingerprint density at radius 1 is 1.40 bits per heavy atom. The molecule has 1 aromatic rings. The van der Waals surface area contributed by atoms with Gasteiger partial charge in [0.15, 0.2) is 0 Å². The van der Waals surface area contributed by atoms with Crippen molar-refractivity contribution >= 4 is 5.95 Å². The second-order valence-corrected chi connectivity index (χ2v) is 2.99. The summed E-state index contributed by atoms with van der Waals surface area (Å²) in [7, 11) is 1.64. The maximum Gasteiger partial charge on any atom is 0.225 e. The summed E-state index contributed by atoms with van der Waals surface area (Å²) in [4.78, 5) is 8.25. The van der Waals surface area contributed by atoms with Gasteiger partial charge in [0.1, 0.15) is 6.61 Å². The van der Waals surface area contributed by atoms with Gasteiger partial charge in [-0.15, -0.1) is 0 Å². The van der Waals surface area contributed by atoms with Gasteiger partial charge in [-0.1, -0.05) is 6.92 Å². The van der Waals surface area contributed by atoms with Crippen molar-refractivity contribution in [2.24, 2.45) is 0 Å². The first-order valence-corrected chi connectivity index (χ1v) is 5.05. The maximum atomic E-state index is 5.35. The van der Waals surface area contributed by atoms with E-state index >= 15 is 0 Å². The molecule has 0 atom stereocenters. The number of nitrogens with zero attached hydrogens (tertiary/aromatic N) is 2. The molecule has 0 saturated carbocycles. The molecule has 0 aromatic carbocycles. The zero-order chi connectivity index (χ0) is 10.9. The highest BCUT2D eigenvalue weighted by Gasteiger charge is 1.98. The minimum Gasteiger partial charge on any atom is -0.475 e. The second kappa shape index (κ2) is 7.00. The van der Waals surface area contributed by atoms with Crippen LogP contribution in [0.15, 0.2) is 12.3 Å². The van der Waals surface area contributed by atoms with E-state index in [1.807, 2.05) is 0 Å². The molecule has 0 aliphatic rings. The standard InChI is InChI=1S/C10H17N3O2/c1-3-5-11-10-12-6-4-9(13-10)15-8-7-14-2/h4,6H,3,5,7-8H2,1-2H3,(H,11,12,13). The van der Waals surface area contributed by atoms with E-state index in [0.29, 0.717) is 25.0 Å². The number of rotatable bonds is 7. The number of aromatic nitrogens is 2. The van der Waals surface area contributed by atoms with Crippen LogP contribution < -0.4 is 10.1 Å². The second-order valence-electron chi connectivity index (χ2n) is 2.99. The Bertz CT molecular complexity index is 281. The Morgan fingerprint density at radius 2 is 2.27 bits per heavy atom. The van der Waals surface area contributed by atoms with Crippen LogP contribution in [0, 0.1) is 0 Å². The molecule has 1 N–H and O–H groups in total. The molecule has 0 spiro atoms. The largest absolute Gasteiger partial charge is 0.475 e. The fourth-order valence-electron chi connectivity index (χ4n) is 0.974. The van der Waals surface area contributed by atoms with Gasteiger partial charge in [-0.25, -0.2) is 4.98 Å². The van der Waals surface area contributed by atoms with E-state index in [2.05, 4.69) is 22.2 Å². The Kier molecular flexibility index (Phi) is 5.47. The lowest BCUT2D eigenvalue weighted by Crippen LogP contribution is -2.08. The predicted octanol–water partition coefficient (Wildman–Crippen LogP) is 1.32. The van der Waals surface area contributed by atoms with Crippen LogP contribution in [0.1, 0.15) is 13.3 Å². The molecule has 0 unspecified atom stereocenters. The summed E-state index contributed by atoms with van der Waals surface area (Å²) in [6.07, 6.45) is 2.71. The number of nitrogens with one attached hydrogen (secondary N) is 1. The van der Waals surface area contributed by atoms with Gasteiger partial charge in [0.05, 0.1) is 6.61 Å². The van der Waals surface area contributed by atoms with Crippen LogP contribution in [0.4, 0.5) is 5.95 Å². The highest BCUT2D eigenvalue weighted by atomic mass is 16.5. The Hall–Kier alpha value is -1.36. The molecule has 5 heteroatoms. The number of hydrogen-bond acceptors (Lipinski definition) is 5. The number of ether oxygens (including phenoxy) is 2. The van der Waals surface area contributed by atoms with Gasteiger partial charge in [0.2, 0.25) is 11.8 Å². The fourth-order valence-corrected chi connectivity index (χ4v) is 0.974. The van der Waals surface area contributed by atoms with Crippen molar-refractivity contribution in [3.05, 3.63) is 12.3 Å². The third-order valence-electron chi connectivity index (χ3n) is 1.70. The van der Waals surface area contributed by atoms with Crippen molar-refractivity contribution in [3.8, 4) is 5.88 Å². The molecule has 0 amide bonds. The van der Waals surface area contributed by atoms with Crippen molar-refractivity contribution in [2.45, 2.75) is 13.3 Å². The van der Waals surface area contributed by atoms with Crippen LogP contribution >= 0.6 is 0 Å². The lowest BCUT2D eigenvalue weighted by Gasteiger charge is -2.06. The Morgan fingerprint density at radius 3 is 3.00 bits per heavy atom. The van der Waals surface area contributed by atoms with Crippen LogP contribution in [-0.2, 0) is 4.74 Å². The number of hydrogen-bond donors (Lipinski definition) is 1. The average molecular weight is 211 g/mol. The summed E-state index contributed by atoms with van der Waals surface area (Å²) >= 11 is 0. The first-order chi connectivity index (χ1) is 7.36. The van der Waals surface area contributed by atoms with Crippen molar-refractivity contribution in [1.82, 2.24) is 9.97 Å². The van der Waals surface area contributed by atoms with E-state index in [1.165, 1.54) is 0 Å². The van der Waals surface area contributed by atoms with Gasteiger partial charge < -0.3 is 14.8 Å². The van der Waals surface area contributed by atoms with Crippen molar-refractivity contribution in [1.29, 1.82) is 0 Å². The number of anilines is 1. The zero-order valence-electron chi connectivity index (χ0n) is 9.19. The normalized spacial score (nSPS) is 10.0. The molecule has 0 saturated heterocycles. The lowest BCUT2D eigenvalue weighted by atomic mass is 10.5. The smallest absolute Gasteiger partial charge is 0.225 e. The molecule has 1 aromatic heterocycles. The van der Waals surface area contributed by atoms with E-state index in [0.717, 1.165) is 13.0 Å². The molecule has 15 heavy (non-hydrogen) atoms. The van der Waals surface area contributed by atoms with Gasteiger partial charge in [-0.3, -0.25) is 0 Å². The molecule has 0 aliphatic heterocycles. The maximum absolute atomic E-state index is 5.35. The van der Waals surface area contributed by atoms with Crippen LogP contribution in [-0.4, -0.2) is 36.8 Å². The van der Waals surface area contributed by atoms with Crippen LogP contribution in [0.2, 0.25) is 0 Å². The molecule has 1 rings (SSSR count). The van der Waals surface area contributed by atoms with Crippen LogP contribution in [0.5, 0.6) is 5.88 Å². The molecular weight excluding hydrogens is 194 g/mol. The first-order valence-electron chi connectivity index (χ1n) is 5.05. The van der Waals surface area contributed by atoms with Gasteiger partial charge in [0.25, 0.3) is 0 Å². The molecule has 5 nitrogen and oxygen atoms in total. The van der Waals surface area contributed by atoms with E-state index in [4.69, 9.17) is 9.47 Å². The summed E-state index contributed by atoms with van der Waals surface area (Å²) in [6, 6.07) is 1.73. The van der Waals surface area contributed by atoms with Crippen molar-refractivity contribution in [2.75, 3.05) is 32.2 Å². The van der Waals surface area contributed by atoms with E-state index in [1.54, 1.807) is 19.4 Å². The van der Waals surface area contributed by atoms with Crippen molar-refractivity contribution < 1.29 is 9.47 Å². The van der Waals surface area contributed by atoms with E-state index < -0.39 is 0 Å². The molecule has 0 aliphatic carbocycles. The topological polar surface area (TPSA) is 56.3 Å². The molecule has 84 valence electrons. The molecule has 0 bridgehead atoms. The average Bonchev–Trinajstić information content (AvgIpc) is 2.27. The van der Waals surface area contributed by atoms with Crippen LogP contribution in [0.3, 0.4) is 0 Å². The fraction of sp³-hybridized carbons (Fsp3) is 0.600. The third kappa shape index (κ3) is 4.60. The minimum absolute atomic E-state index is 0.501. The Labute approximate surface area is 89.8 Å². The first kappa shape index (κ1) is 11.7. The summed E-state index contributed by atoms with van der Waals surface area (Å²) in [5.41, 5.74) is 0. The predicted molar refractivity (Wildman–Crippen MR) is 58.2 cm³/mol. The highest BCUT2D eigenvalue weighted by Crippen LogP contribution is 2.07. The minimum atomic E-state index is 0.501. The molecule has 0 fully saturated rings. The van der Waals surface area contributed by atoms with Gasteiger partial charge in [-0.05, 0) is 6.42 Å². The van der Waals surface area contributed by atoms with Crippen molar-refractivity contribution in [3.63, 3.8) is 0 Å². The summed E-state index contributed by atoms with van der Waals surface area (Å²) < 4.78 is 10.2. The monoisotopic (exact) mass is 211 g/mol. The summed E-state index contributed by atoms with van der Waals surface area (Å²) in [5, 5.41) is 3.09. The highest BCUT2D eigenvalue weighted by molar-refractivity contribution is 5.27.